The van der Waals surface area contributed by atoms with Gasteiger partial charge in [0, 0.05) is 17.3 Å². The van der Waals surface area contributed by atoms with Crippen molar-refractivity contribution in [3.8, 4) is 0 Å². The number of anilines is 1. The number of rotatable bonds is 2. The maximum atomic E-state index is 11.7. The first-order chi connectivity index (χ1) is 7.25. The van der Waals surface area contributed by atoms with E-state index in [1.54, 1.807) is 0 Å². The number of carbonyl (C=O) groups excluding carboxylic acids is 1. The molecule has 3 heteroatoms. The number of carbonyl (C=O) groups is 1. The first kappa shape index (κ1) is 8.92. The molecule has 3 atom stereocenters. The van der Waals surface area contributed by atoms with Crippen LogP contribution in [0.15, 0.2) is 24.3 Å². The molecule has 15 heavy (non-hydrogen) atoms. The highest BCUT2D eigenvalue weighted by atomic mass is 16.2. The van der Waals surface area contributed by atoms with Crippen LogP contribution >= 0.6 is 0 Å². The predicted molar refractivity (Wildman–Crippen MR) is 58.5 cm³/mol. The predicted octanol–water partition coefficient (Wildman–Crippen LogP) is 1.68. The van der Waals surface area contributed by atoms with Crippen molar-refractivity contribution in [2.45, 2.75) is 25.4 Å². The zero-order valence-electron chi connectivity index (χ0n) is 8.66. The van der Waals surface area contributed by atoms with Crippen molar-refractivity contribution in [1.29, 1.82) is 0 Å². The fraction of sp³-hybridized carbons (Fsp3) is 0.417. The summed E-state index contributed by atoms with van der Waals surface area (Å²) < 4.78 is 0. The third-order valence-electron chi connectivity index (χ3n) is 3.28. The number of para-hydroxylation sites is 1. The Labute approximate surface area is 88.9 Å². The molecule has 2 aliphatic rings. The standard InChI is InChI=1S/C12H14N2O/c1-7-6-10(7)13-11-8-4-2-3-5-9(8)14-12(11)15/h2-5,7,10-11,13H,6H2,1H3,(H,14,15). The second-order valence-electron chi connectivity index (χ2n) is 4.50. The van der Waals surface area contributed by atoms with Gasteiger partial charge in [0.05, 0.1) is 0 Å². The van der Waals surface area contributed by atoms with E-state index in [-0.39, 0.29) is 11.9 Å². The third kappa shape index (κ3) is 1.43. The Bertz CT molecular complexity index is 416. The van der Waals surface area contributed by atoms with Crippen molar-refractivity contribution < 1.29 is 4.79 Å². The van der Waals surface area contributed by atoms with E-state index in [9.17, 15) is 4.79 Å². The topological polar surface area (TPSA) is 41.1 Å². The van der Waals surface area contributed by atoms with Gasteiger partial charge in [-0.2, -0.15) is 0 Å². The van der Waals surface area contributed by atoms with Crippen LogP contribution in [0.4, 0.5) is 5.69 Å². The number of fused-ring (bicyclic) bond motifs is 1. The molecule has 78 valence electrons. The molecule has 0 aromatic heterocycles. The van der Waals surface area contributed by atoms with Crippen molar-refractivity contribution in [3.63, 3.8) is 0 Å². The van der Waals surface area contributed by atoms with Crippen LogP contribution in [0.3, 0.4) is 0 Å². The van der Waals surface area contributed by atoms with Crippen LogP contribution in [0.2, 0.25) is 0 Å². The molecule has 1 aromatic carbocycles. The van der Waals surface area contributed by atoms with Crippen LogP contribution in [0.25, 0.3) is 0 Å². The van der Waals surface area contributed by atoms with Gasteiger partial charge in [0.15, 0.2) is 0 Å². The van der Waals surface area contributed by atoms with Gasteiger partial charge in [-0.05, 0) is 18.4 Å². The molecule has 0 radical (unpaired) electrons. The van der Waals surface area contributed by atoms with E-state index in [0.29, 0.717) is 12.0 Å². The fourth-order valence-corrected chi connectivity index (χ4v) is 2.14. The van der Waals surface area contributed by atoms with Crippen molar-refractivity contribution >= 4 is 11.6 Å². The van der Waals surface area contributed by atoms with Crippen LogP contribution in [-0.2, 0) is 4.79 Å². The summed E-state index contributed by atoms with van der Waals surface area (Å²) in [6, 6.07) is 8.26. The van der Waals surface area contributed by atoms with Crippen LogP contribution in [0.1, 0.15) is 24.9 Å². The zero-order chi connectivity index (χ0) is 10.4. The molecule has 1 aliphatic heterocycles. The molecule has 0 saturated heterocycles. The lowest BCUT2D eigenvalue weighted by Gasteiger charge is -2.10. The van der Waals surface area contributed by atoms with E-state index >= 15 is 0 Å². The number of nitrogens with one attached hydrogen (secondary N) is 2. The molecule has 2 N–H and O–H groups in total. The summed E-state index contributed by atoms with van der Waals surface area (Å²) in [5, 5.41) is 6.29. The highest BCUT2D eigenvalue weighted by Crippen LogP contribution is 2.36. The van der Waals surface area contributed by atoms with Gasteiger partial charge in [-0.3, -0.25) is 10.1 Å². The quantitative estimate of drug-likeness (QED) is 0.766. The third-order valence-corrected chi connectivity index (χ3v) is 3.28. The lowest BCUT2D eigenvalue weighted by atomic mass is 10.1. The summed E-state index contributed by atoms with van der Waals surface area (Å²) in [6.07, 6.45) is 1.19. The van der Waals surface area contributed by atoms with Gasteiger partial charge in [0.25, 0.3) is 0 Å². The van der Waals surface area contributed by atoms with Gasteiger partial charge >= 0.3 is 0 Å². The highest BCUT2D eigenvalue weighted by molar-refractivity contribution is 6.02. The Balaban J connectivity index is 1.86. The Morgan fingerprint density at radius 3 is 2.87 bits per heavy atom. The van der Waals surface area contributed by atoms with Crippen molar-refractivity contribution in [3.05, 3.63) is 29.8 Å². The molecule has 0 spiro atoms. The molecular weight excluding hydrogens is 188 g/mol. The van der Waals surface area contributed by atoms with E-state index in [0.717, 1.165) is 11.3 Å². The lowest BCUT2D eigenvalue weighted by molar-refractivity contribution is -0.117. The summed E-state index contributed by atoms with van der Waals surface area (Å²) >= 11 is 0. The summed E-state index contributed by atoms with van der Waals surface area (Å²) in [5.74, 6) is 0.792. The van der Waals surface area contributed by atoms with Crippen molar-refractivity contribution in [2.75, 3.05) is 5.32 Å². The molecule has 0 bridgehead atoms. The largest absolute Gasteiger partial charge is 0.324 e. The Kier molecular flexibility index (Phi) is 1.83. The lowest BCUT2D eigenvalue weighted by Crippen LogP contribution is -2.29. The molecule has 3 nitrogen and oxygen atoms in total. The average molecular weight is 202 g/mol. The summed E-state index contributed by atoms with van der Waals surface area (Å²) in [4.78, 5) is 11.7. The maximum Gasteiger partial charge on any atom is 0.246 e. The zero-order valence-corrected chi connectivity index (χ0v) is 8.66. The average Bonchev–Trinajstić information content (AvgIpc) is 2.82. The van der Waals surface area contributed by atoms with Gasteiger partial charge in [-0.25, -0.2) is 0 Å². The van der Waals surface area contributed by atoms with Crippen LogP contribution < -0.4 is 10.6 Å². The van der Waals surface area contributed by atoms with Gasteiger partial charge in [-0.1, -0.05) is 25.1 Å². The van der Waals surface area contributed by atoms with Gasteiger partial charge < -0.3 is 5.32 Å². The van der Waals surface area contributed by atoms with Crippen LogP contribution in [-0.4, -0.2) is 11.9 Å². The second-order valence-corrected chi connectivity index (χ2v) is 4.50. The molecular formula is C12H14N2O. The number of benzene rings is 1. The van der Waals surface area contributed by atoms with Crippen LogP contribution in [0, 0.1) is 5.92 Å². The molecule has 1 aromatic rings. The van der Waals surface area contributed by atoms with Gasteiger partial charge in [0.2, 0.25) is 5.91 Å². The summed E-state index contributed by atoms with van der Waals surface area (Å²) in [6.45, 7) is 2.20. The Morgan fingerprint density at radius 2 is 2.13 bits per heavy atom. The van der Waals surface area contributed by atoms with E-state index in [1.165, 1.54) is 6.42 Å². The highest BCUT2D eigenvalue weighted by Gasteiger charge is 2.39. The minimum absolute atomic E-state index is 0.0790. The molecule has 1 saturated carbocycles. The van der Waals surface area contributed by atoms with E-state index in [2.05, 4.69) is 17.6 Å². The number of hydrogen-bond acceptors (Lipinski definition) is 2. The number of hydrogen-bond donors (Lipinski definition) is 2. The first-order valence-electron chi connectivity index (χ1n) is 5.41. The van der Waals surface area contributed by atoms with Crippen molar-refractivity contribution in [2.24, 2.45) is 5.92 Å². The molecule has 3 unspecified atom stereocenters. The van der Waals surface area contributed by atoms with Gasteiger partial charge in [0.1, 0.15) is 6.04 Å². The molecule has 3 rings (SSSR count). The normalized spacial score (nSPS) is 32.3. The molecule has 1 amide bonds. The number of amides is 1. The minimum atomic E-state index is -0.142. The fourth-order valence-electron chi connectivity index (χ4n) is 2.14. The van der Waals surface area contributed by atoms with Gasteiger partial charge in [-0.15, -0.1) is 0 Å². The SMILES string of the molecule is CC1CC1NC1C(=O)Nc2ccccc21. The second kappa shape index (κ2) is 3.07. The van der Waals surface area contributed by atoms with E-state index < -0.39 is 0 Å². The van der Waals surface area contributed by atoms with Crippen LogP contribution in [0.5, 0.6) is 0 Å². The van der Waals surface area contributed by atoms with Crippen molar-refractivity contribution in [1.82, 2.24) is 5.32 Å². The summed E-state index contributed by atoms with van der Waals surface area (Å²) in [7, 11) is 0. The van der Waals surface area contributed by atoms with E-state index in [4.69, 9.17) is 0 Å². The Morgan fingerprint density at radius 1 is 1.40 bits per heavy atom. The minimum Gasteiger partial charge on any atom is -0.324 e. The Hall–Kier alpha value is -1.35. The molecule has 1 aliphatic carbocycles. The first-order valence-corrected chi connectivity index (χ1v) is 5.41. The maximum absolute atomic E-state index is 11.7. The smallest absolute Gasteiger partial charge is 0.246 e. The van der Waals surface area contributed by atoms with E-state index in [1.807, 2.05) is 24.3 Å². The summed E-state index contributed by atoms with van der Waals surface area (Å²) in [5.41, 5.74) is 2.04. The molecule has 1 fully saturated rings. The molecule has 1 heterocycles. The monoisotopic (exact) mass is 202 g/mol.